The number of amides is 1. The first kappa shape index (κ1) is 16.6. The number of carbonyl (C=O) groups is 1. The van der Waals surface area contributed by atoms with Gasteiger partial charge in [0.25, 0.3) is 5.56 Å². The Balaban J connectivity index is 1.59. The number of carbonyl (C=O) groups excluding carboxylic acids is 1. The van der Waals surface area contributed by atoms with Crippen LogP contribution in [-0.4, -0.2) is 20.4 Å². The summed E-state index contributed by atoms with van der Waals surface area (Å²) in [6, 6.07) is 7.33. The number of hydrogen-bond donors (Lipinski definition) is 1. The number of aromatic nitrogens is 3. The molecule has 0 aliphatic carbocycles. The zero-order valence-corrected chi connectivity index (χ0v) is 14.0. The van der Waals surface area contributed by atoms with Gasteiger partial charge in [0.15, 0.2) is 5.76 Å². The molecule has 25 heavy (non-hydrogen) atoms. The van der Waals surface area contributed by atoms with Gasteiger partial charge in [0.2, 0.25) is 5.91 Å². The maximum Gasteiger partial charge on any atom is 0.256 e. The Kier molecular flexibility index (Phi) is 4.74. The molecule has 128 valence electrons. The standard InChI is InChI=1S/C18H18N4O3/c1-12-13(2)21-11-22(18(12)24)10-17(23)20-9-14-5-6-15(19-8-14)16-4-3-7-25-16/h3-8,11H,9-10H2,1-2H3,(H,20,23). The average Bonchev–Trinajstić information content (AvgIpc) is 3.16. The fourth-order valence-corrected chi connectivity index (χ4v) is 2.30. The first-order valence-corrected chi connectivity index (χ1v) is 7.83. The van der Waals surface area contributed by atoms with Gasteiger partial charge in [-0.05, 0) is 37.6 Å². The lowest BCUT2D eigenvalue weighted by atomic mass is 10.2. The Morgan fingerprint density at radius 3 is 2.76 bits per heavy atom. The van der Waals surface area contributed by atoms with Crippen molar-refractivity contribution in [2.75, 3.05) is 0 Å². The first-order chi connectivity index (χ1) is 12.0. The Morgan fingerprint density at radius 1 is 1.24 bits per heavy atom. The van der Waals surface area contributed by atoms with Gasteiger partial charge < -0.3 is 9.73 Å². The van der Waals surface area contributed by atoms with E-state index in [4.69, 9.17) is 4.42 Å². The quantitative estimate of drug-likeness (QED) is 0.766. The van der Waals surface area contributed by atoms with E-state index < -0.39 is 0 Å². The predicted octanol–water partition coefficient (Wildman–Crippen LogP) is 1.83. The smallest absolute Gasteiger partial charge is 0.256 e. The predicted molar refractivity (Wildman–Crippen MR) is 91.8 cm³/mol. The van der Waals surface area contributed by atoms with Gasteiger partial charge in [-0.1, -0.05) is 6.07 Å². The molecule has 0 aliphatic heterocycles. The van der Waals surface area contributed by atoms with Gasteiger partial charge in [-0.2, -0.15) is 0 Å². The number of furan rings is 1. The molecule has 7 heteroatoms. The molecule has 3 aromatic rings. The summed E-state index contributed by atoms with van der Waals surface area (Å²) in [6.07, 6.45) is 4.67. The van der Waals surface area contributed by atoms with Crippen molar-refractivity contribution >= 4 is 5.91 Å². The van der Waals surface area contributed by atoms with Crippen molar-refractivity contribution in [3.8, 4) is 11.5 Å². The second-order valence-corrected chi connectivity index (χ2v) is 5.69. The monoisotopic (exact) mass is 338 g/mol. The molecule has 0 saturated heterocycles. The number of rotatable bonds is 5. The van der Waals surface area contributed by atoms with Crippen molar-refractivity contribution in [2.45, 2.75) is 26.9 Å². The van der Waals surface area contributed by atoms with Crippen LogP contribution >= 0.6 is 0 Å². The van der Waals surface area contributed by atoms with E-state index in [2.05, 4.69) is 15.3 Å². The molecule has 0 spiro atoms. The largest absolute Gasteiger partial charge is 0.463 e. The van der Waals surface area contributed by atoms with E-state index in [0.29, 0.717) is 23.6 Å². The van der Waals surface area contributed by atoms with E-state index in [1.54, 1.807) is 32.4 Å². The van der Waals surface area contributed by atoms with Gasteiger partial charge in [-0.3, -0.25) is 19.1 Å². The molecule has 3 rings (SSSR count). The van der Waals surface area contributed by atoms with Gasteiger partial charge in [-0.15, -0.1) is 0 Å². The summed E-state index contributed by atoms with van der Waals surface area (Å²) >= 11 is 0. The summed E-state index contributed by atoms with van der Waals surface area (Å²) in [4.78, 5) is 32.5. The maximum atomic E-state index is 12.1. The molecular formula is C18H18N4O3. The first-order valence-electron chi connectivity index (χ1n) is 7.83. The molecule has 1 amide bonds. The highest BCUT2D eigenvalue weighted by atomic mass is 16.3. The van der Waals surface area contributed by atoms with Crippen LogP contribution in [0.15, 0.2) is 52.3 Å². The Labute approximate surface area is 144 Å². The number of nitrogens with one attached hydrogen (secondary N) is 1. The molecule has 0 atom stereocenters. The summed E-state index contributed by atoms with van der Waals surface area (Å²) in [5.41, 5.74) is 2.60. The third kappa shape index (κ3) is 3.82. The Morgan fingerprint density at radius 2 is 2.08 bits per heavy atom. The van der Waals surface area contributed by atoms with Crippen LogP contribution < -0.4 is 10.9 Å². The second kappa shape index (κ2) is 7.12. The Hall–Kier alpha value is -3.22. The van der Waals surface area contributed by atoms with Crippen molar-refractivity contribution < 1.29 is 9.21 Å². The summed E-state index contributed by atoms with van der Waals surface area (Å²) in [5, 5.41) is 2.77. The molecule has 3 aromatic heterocycles. The van der Waals surface area contributed by atoms with Crippen LogP contribution in [0.2, 0.25) is 0 Å². The van der Waals surface area contributed by atoms with Crippen LogP contribution in [0.4, 0.5) is 0 Å². The minimum absolute atomic E-state index is 0.0646. The third-order valence-electron chi connectivity index (χ3n) is 3.92. The number of hydrogen-bond acceptors (Lipinski definition) is 5. The Bertz CT molecular complexity index is 928. The van der Waals surface area contributed by atoms with E-state index in [1.807, 2.05) is 18.2 Å². The fourth-order valence-electron chi connectivity index (χ4n) is 2.30. The number of pyridine rings is 1. The molecule has 0 aliphatic rings. The fraction of sp³-hybridized carbons (Fsp3) is 0.222. The van der Waals surface area contributed by atoms with Crippen molar-refractivity contribution in [1.29, 1.82) is 0 Å². The molecule has 3 heterocycles. The highest BCUT2D eigenvalue weighted by Crippen LogP contribution is 2.16. The average molecular weight is 338 g/mol. The summed E-state index contributed by atoms with van der Waals surface area (Å²) in [7, 11) is 0. The molecule has 0 fully saturated rings. The van der Waals surface area contributed by atoms with Gasteiger partial charge in [0.05, 0.1) is 12.6 Å². The number of aryl methyl sites for hydroxylation is 1. The highest BCUT2D eigenvalue weighted by molar-refractivity contribution is 5.75. The van der Waals surface area contributed by atoms with Gasteiger partial charge in [0.1, 0.15) is 12.2 Å². The lowest BCUT2D eigenvalue weighted by molar-refractivity contribution is -0.121. The zero-order chi connectivity index (χ0) is 17.8. The van der Waals surface area contributed by atoms with E-state index in [1.165, 1.54) is 10.9 Å². The van der Waals surface area contributed by atoms with Crippen molar-refractivity contribution in [1.82, 2.24) is 19.9 Å². The van der Waals surface area contributed by atoms with Crippen molar-refractivity contribution in [3.63, 3.8) is 0 Å². The highest BCUT2D eigenvalue weighted by Gasteiger charge is 2.08. The van der Waals surface area contributed by atoms with Crippen LogP contribution in [-0.2, 0) is 17.9 Å². The molecule has 0 radical (unpaired) electrons. The van der Waals surface area contributed by atoms with E-state index >= 15 is 0 Å². The summed E-state index contributed by atoms with van der Waals surface area (Å²) in [5.74, 6) is 0.430. The van der Waals surface area contributed by atoms with Crippen LogP contribution in [0.3, 0.4) is 0 Å². The second-order valence-electron chi connectivity index (χ2n) is 5.69. The van der Waals surface area contributed by atoms with Crippen molar-refractivity contribution in [2.24, 2.45) is 0 Å². The maximum absolute atomic E-state index is 12.1. The zero-order valence-electron chi connectivity index (χ0n) is 14.0. The molecule has 0 bridgehead atoms. The van der Waals surface area contributed by atoms with Crippen LogP contribution in [0.5, 0.6) is 0 Å². The molecule has 0 aromatic carbocycles. The topological polar surface area (TPSA) is 90.0 Å². The van der Waals surface area contributed by atoms with E-state index in [0.717, 1.165) is 11.3 Å². The summed E-state index contributed by atoms with van der Waals surface area (Å²) < 4.78 is 6.58. The van der Waals surface area contributed by atoms with Crippen LogP contribution in [0, 0.1) is 13.8 Å². The van der Waals surface area contributed by atoms with E-state index in [9.17, 15) is 9.59 Å². The molecular weight excluding hydrogens is 320 g/mol. The lowest BCUT2D eigenvalue weighted by Gasteiger charge is -2.09. The summed E-state index contributed by atoms with van der Waals surface area (Å²) in [6.45, 7) is 3.73. The van der Waals surface area contributed by atoms with Gasteiger partial charge >= 0.3 is 0 Å². The normalized spacial score (nSPS) is 10.6. The molecule has 0 saturated carbocycles. The van der Waals surface area contributed by atoms with Gasteiger partial charge in [0, 0.05) is 24.0 Å². The third-order valence-corrected chi connectivity index (χ3v) is 3.92. The number of nitrogens with zero attached hydrogens (tertiary/aromatic N) is 3. The van der Waals surface area contributed by atoms with E-state index in [-0.39, 0.29) is 18.0 Å². The van der Waals surface area contributed by atoms with Crippen molar-refractivity contribution in [3.05, 3.63) is 70.2 Å². The SMILES string of the molecule is Cc1ncn(CC(=O)NCc2ccc(-c3ccco3)nc2)c(=O)c1C. The molecule has 0 unspecified atom stereocenters. The lowest BCUT2D eigenvalue weighted by Crippen LogP contribution is -2.33. The molecule has 1 N–H and O–H groups in total. The van der Waals surface area contributed by atoms with Crippen LogP contribution in [0.1, 0.15) is 16.8 Å². The molecule has 7 nitrogen and oxygen atoms in total. The van der Waals surface area contributed by atoms with Gasteiger partial charge in [-0.25, -0.2) is 4.98 Å². The minimum Gasteiger partial charge on any atom is -0.463 e. The minimum atomic E-state index is -0.262. The van der Waals surface area contributed by atoms with Crippen LogP contribution in [0.25, 0.3) is 11.5 Å².